The van der Waals surface area contributed by atoms with Gasteiger partial charge in [-0.15, -0.1) is 0 Å². The number of hydrogen-bond acceptors (Lipinski definition) is 4. The zero-order valence-corrected chi connectivity index (χ0v) is 26.3. The van der Waals surface area contributed by atoms with Crippen LogP contribution in [0.1, 0.15) is 53.9 Å². The molecule has 6 heteroatoms. The first-order valence-electron chi connectivity index (χ1n) is 16.1. The summed E-state index contributed by atoms with van der Waals surface area (Å²) in [6, 6.07) is 41.5. The van der Waals surface area contributed by atoms with Crippen molar-refractivity contribution in [2.24, 2.45) is 0 Å². The molecule has 1 aliphatic rings. The number of rotatable bonds is 13. The fourth-order valence-corrected chi connectivity index (χ4v) is 6.60. The lowest BCUT2D eigenvalue weighted by Gasteiger charge is -2.39. The molecule has 5 rings (SSSR count). The zero-order valence-electron chi connectivity index (χ0n) is 26.3. The largest absolute Gasteiger partial charge is 0.445 e. The van der Waals surface area contributed by atoms with Crippen LogP contribution < -0.4 is 5.32 Å². The third kappa shape index (κ3) is 8.83. The molecule has 1 fully saturated rings. The number of hydrogen-bond donors (Lipinski definition) is 1. The highest BCUT2D eigenvalue weighted by molar-refractivity contribution is 5.82. The second kappa shape index (κ2) is 16.1. The summed E-state index contributed by atoms with van der Waals surface area (Å²) in [5, 5.41) is 2.64. The summed E-state index contributed by atoms with van der Waals surface area (Å²) in [5.74, 6) is 0.477. The van der Waals surface area contributed by atoms with Crippen LogP contribution in [0.3, 0.4) is 0 Å². The van der Waals surface area contributed by atoms with E-state index in [1.54, 1.807) is 4.90 Å². The molecule has 4 aromatic carbocycles. The summed E-state index contributed by atoms with van der Waals surface area (Å²) < 4.78 is 5.31. The van der Waals surface area contributed by atoms with Gasteiger partial charge in [-0.1, -0.05) is 121 Å². The van der Waals surface area contributed by atoms with Gasteiger partial charge in [-0.3, -0.25) is 4.79 Å². The molecule has 234 valence electrons. The van der Waals surface area contributed by atoms with Gasteiger partial charge < -0.3 is 19.9 Å². The van der Waals surface area contributed by atoms with Gasteiger partial charge in [0.25, 0.3) is 0 Å². The van der Waals surface area contributed by atoms with Crippen LogP contribution in [-0.2, 0) is 21.6 Å². The lowest BCUT2D eigenvalue weighted by Crippen LogP contribution is -2.46. The van der Waals surface area contributed by atoms with Crippen molar-refractivity contribution in [2.45, 2.75) is 43.6 Å². The van der Waals surface area contributed by atoms with E-state index in [2.05, 4.69) is 89.1 Å². The van der Waals surface area contributed by atoms with Crippen LogP contribution in [0, 0.1) is 0 Å². The molecule has 0 aromatic heterocycles. The monoisotopic (exact) mass is 603 g/mol. The summed E-state index contributed by atoms with van der Waals surface area (Å²) in [4.78, 5) is 30.1. The number of amides is 2. The lowest BCUT2D eigenvalue weighted by atomic mass is 9.70. The van der Waals surface area contributed by atoms with E-state index in [0.29, 0.717) is 12.5 Å². The number of ether oxygens (including phenoxy) is 1. The standard InChI is InChI=1S/C39H45N3O3/c1-41(37(43)29-40-38(44)45-30-32-15-6-2-7-16-32)31-39(35-19-10-4-11-20-35,36-21-12-5-13-22-36)25-14-26-42-27-23-34(24-28-42)33-17-8-3-9-18-33/h2-13,15-22,34H,14,23-31H2,1H3,(H,40,44). The van der Waals surface area contributed by atoms with Crippen LogP contribution in [0.4, 0.5) is 4.79 Å². The molecule has 4 aromatic rings. The fraction of sp³-hybridized carbons (Fsp3) is 0.333. The highest BCUT2D eigenvalue weighted by Crippen LogP contribution is 2.38. The Morgan fingerprint density at radius 1 is 0.800 bits per heavy atom. The third-order valence-corrected chi connectivity index (χ3v) is 9.12. The van der Waals surface area contributed by atoms with Gasteiger partial charge in [-0.05, 0) is 73.5 Å². The molecule has 1 saturated heterocycles. The van der Waals surface area contributed by atoms with Gasteiger partial charge in [0.05, 0.1) is 0 Å². The molecule has 6 nitrogen and oxygen atoms in total. The molecule has 0 saturated carbocycles. The van der Waals surface area contributed by atoms with Crippen molar-refractivity contribution >= 4 is 12.0 Å². The van der Waals surface area contributed by atoms with E-state index < -0.39 is 11.5 Å². The number of nitrogens with one attached hydrogen (secondary N) is 1. The summed E-state index contributed by atoms with van der Waals surface area (Å²) in [7, 11) is 1.83. The molecular weight excluding hydrogens is 558 g/mol. The number of likely N-dealkylation sites (tertiary alicyclic amines) is 1. The van der Waals surface area contributed by atoms with Gasteiger partial charge in [0.1, 0.15) is 13.2 Å². The van der Waals surface area contributed by atoms with Crippen LogP contribution in [0.5, 0.6) is 0 Å². The number of nitrogens with zero attached hydrogens (tertiary/aromatic N) is 2. The van der Waals surface area contributed by atoms with Crippen molar-refractivity contribution in [3.63, 3.8) is 0 Å². The van der Waals surface area contributed by atoms with Crippen LogP contribution in [0.2, 0.25) is 0 Å². The predicted molar refractivity (Wildman–Crippen MR) is 180 cm³/mol. The summed E-state index contributed by atoms with van der Waals surface area (Å²) in [6.45, 7) is 3.76. The second-order valence-corrected chi connectivity index (χ2v) is 12.1. The van der Waals surface area contributed by atoms with Crippen LogP contribution >= 0.6 is 0 Å². The Kier molecular flexibility index (Phi) is 11.4. The van der Waals surface area contributed by atoms with E-state index in [1.165, 1.54) is 29.5 Å². The topological polar surface area (TPSA) is 61.9 Å². The number of piperidine rings is 1. The van der Waals surface area contributed by atoms with Crippen LogP contribution in [0.15, 0.2) is 121 Å². The zero-order chi connectivity index (χ0) is 31.3. The maximum Gasteiger partial charge on any atom is 0.407 e. The molecule has 0 spiro atoms. The Morgan fingerprint density at radius 3 is 1.91 bits per heavy atom. The van der Waals surface area contributed by atoms with E-state index in [-0.39, 0.29) is 19.1 Å². The first-order chi connectivity index (χ1) is 22.0. The number of alkyl carbamates (subject to hydrolysis) is 1. The van der Waals surface area contributed by atoms with E-state index >= 15 is 0 Å². The van der Waals surface area contributed by atoms with Gasteiger partial charge >= 0.3 is 6.09 Å². The molecular formula is C39H45N3O3. The lowest BCUT2D eigenvalue weighted by molar-refractivity contribution is -0.129. The number of carbonyl (C=O) groups excluding carboxylic acids is 2. The molecule has 1 heterocycles. The molecule has 2 amide bonds. The highest BCUT2D eigenvalue weighted by atomic mass is 16.5. The predicted octanol–water partition coefficient (Wildman–Crippen LogP) is 7.02. The Morgan fingerprint density at radius 2 is 1.33 bits per heavy atom. The van der Waals surface area contributed by atoms with E-state index in [0.717, 1.165) is 38.0 Å². The average Bonchev–Trinajstić information content (AvgIpc) is 3.11. The Balaban J connectivity index is 1.24. The van der Waals surface area contributed by atoms with Crippen molar-refractivity contribution in [3.05, 3.63) is 144 Å². The van der Waals surface area contributed by atoms with Crippen LogP contribution in [-0.4, -0.2) is 61.6 Å². The molecule has 0 unspecified atom stereocenters. The highest BCUT2D eigenvalue weighted by Gasteiger charge is 2.36. The summed E-state index contributed by atoms with van der Waals surface area (Å²) in [5.41, 5.74) is 4.33. The first kappa shape index (κ1) is 32.0. The fourth-order valence-electron chi connectivity index (χ4n) is 6.60. The van der Waals surface area contributed by atoms with E-state index in [1.807, 2.05) is 49.5 Å². The molecule has 0 radical (unpaired) electrons. The van der Waals surface area contributed by atoms with Crippen molar-refractivity contribution in [2.75, 3.05) is 39.8 Å². The minimum atomic E-state index is -0.603. The maximum absolute atomic E-state index is 13.4. The average molecular weight is 604 g/mol. The van der Waals surface area contributed by atoms with E-state index in [9.17, 15) is 9.59 Å². The van der Waals surface area contributed by atoms with Crippen LogP contribution in [0.25, 0.3) is 0 Å². The molecule has 45 heavy (non-hydrogen) atoms. The smallest absolute Gasteiger partial charge is 0.407 e. The van der Waals surface area contributed by atoms with Gasteiger partial charge in [0, 0.05) is 19.0 Å². The summed E-state index contributed by atoms with van der Waals surface area (Å²) >= 11 is 0. The van der Waals surface area contributed by atoms with Crippen molar-refractivity contribution < 1.29 is 14.3 Å². The first-order valence-corrected chi connectivity index (χ1v) is 16.1. The van der Waals surface area contributed by atoms with Crippen molar-refractivity contribution in [1.29, 1.82) is 0 Å². The van der Waals surface area contributed by atoms with Gasteiger partial charge in [-0.25, -0.2) is 4.79 Å². The Bertz CT molecular complexity index is 1420. The number of benzene rings is 4. The second-order valence-electron chi connectivity index (χ2n) is 12.1. The van der Waals surface area contributed by atoms with Crippen molar-refractivity contribution in [3.8, 4) is 0 Å². The minimum absolute atomic E-state index is 0.125. The maximum atomic E-state index is 13.4. The molecule has 0 aliphatic carbocycles. The van der Waals surface area contributed by atoms with E-state index in [4.69, 9.17) is 4.74 Å². The SMILES string of the molecule is CN(CC(CCCN1CCC(c2ccccc2)CC1)(c1ccccc1)c1ccccc1)C(=O)CNC(=O)OCc1ccccc1. The quantitative estimate of drug-likeness (QED) is 0.179. The Labute approximate surface area is 268 Å². The van der Waals surface area contributed by atoms with Crippen molar-refractivity contribution in [1.82, 2.24) is 15.1 Å². The summed E-state index contributed by atoms with van der Waals surface area (Å²) in [6.07, 6.45) is 3.67. The normalized spacial score (nSPS) is 14.1. The van der Waals surface area contributed by atoms with Gasteiger partial charge in [-0.2, -0.15) is 0 Å². The van der Waals surface area contributed by atoms with Gasteiger partial charge in [0.2, 0.25) is 5.91 Å². The molecule has 0 bridgehead atoms. The molecule has 1 aliphatic heterocycles. The number of carbonyl (C=O) groups is 2. The van der Waals surface area contributed by atoms with Gasteiger partial charge in [0.15, 0.2) is 0 Å². The minimum Gasteiger partial charge on any atom is -0.445 e. The molecule has 1 N–H and O–H groups in total. The Hall–Kier alpha value is -4.42. The molecule has 0 atom stereocenters. The number of likely N-dealkylation sites (N-methyl/N-ethyl adjacent to an activating group) is 1. The third-order valence-electron chi connectivity index (χ3n) is 9.12.